The molecular weight excluding hydrogens is 222 g/mol. The predicted octanol–water partition coefficient (Wildman–Crippen LogP) is 2.39. The lowest BCUT2D eigenvalue weighted by molar-refractivity contribution is 0.125. The monoisotopic (exact) mass is 245 g/mol. The van der Waals surface area contributed by atoms with Crippen LogP contribution in [0.1, 0.15) is 26.2 Å². The van der Waals surface area contributed by atoms with E-state index in [1.807, 2.05) is 12.4 Å². The first kappa shape index (κ1) is 12.0. The summed E-state index contributed by atoms with van der Waals surface area (Å²) in [5, 5.41) is 0. The van der Waals surface area contributed by atoms with Crippen molar-refractivity contribution in [2.45, 2.75) is 26.2 Å². The average Bonchev–Trinajstić information content (AvgIpc) is 2.85. The van der Waals surface area contributed by atoms with Gasteiger partial charge in [-0.2, -0.15) is 0 Å². The van der Waals surface area contributed by atoms with Gasteiger partial charge >= 0.3 is 0 Å². The number of anilines is 1. The lowest BCUT2D eigenvalue weighted by Gasteiger charge is -2.39. The van der Waals surface area contributed by atoms with Crippen molar-refractivity contribution in [3.63, 3.8) is 0 Å². The van der Waals surface area contributed by atoms with Crippen LogP contribution in [0.2, 0.25) is 0 Å². The summed E-state index contributed by atoms with van der Waals surface area (Å²) in [5.74, 6) is 0. The predicted molar refractivity (Wildman–Crippen MR) is 74.8 cm³/mol. The van der Waals surface area contributed by atoms with Crippen LogP contribution >= 0.6 is 0 Å². The van der Waals surface area contributed by atoms with Crippen LogP contribution in [0, 0.1) is 5.41 Å². The maximum absolute atomic E-state index is 4.11. The lowest BCUT2D eigenvalue weighted by atomic mass is 9.78. The molecule has 0 bridgehead atoms. The fraction of sp³-hybridized carbons (Fsp3) is 0.667. The highest BCUT2D eigenvalue weighted by atomic mass is 15.2. The number of hydrogen-bond acceptors (Lipinski definition) is 3. The molecule has 0 N–H and O–H groups in total. The number of likely N-dealkylation sites (tertiary alicyclic amines) is 1. The minimum absolute atomic E-state index is 0.592. The summed E-state index contributed by atoms with van der Waals surface area (Å²) in [6.45, 7) is 8.53. The molecule has 1 spiro atoms. The largest absolute Gasteiger partial charge is 0.371 e. The Balaban J connectivity index is 1.65. The summed E-state index contributed by atoms with van der Waals surface area (Å²) in [6, 6.07) is 4.28. The molecule has 18 heavy (non-hydrogen) atoms. The summed E-state index contributed by atoms with van der Waals surface area (Å²) in [5.41, 5.74) is 1.94. The second-order valence-corrected chi connectivity index (χ2v) is 5.81. The third kappa shape index (κ3) is 2.24. The van der Waals surface area contributed by atoms with Crippen LogP contribution < -0.4 is 4.90 Å². The molecule has 2 aliphatic rings. The van der Waals surface area contributed by atoms with Gasteiger partial charge in [-0.1, -0.05) is 6.92 Å². The highest BCUT2D eigenvalue weighted by molar-refractivity contribution is 5.46. The number of aromatic nitrogens is 1. The topological polar surface area (TPSA) is 19.4 Å². The maximum Gasteiger partial charge on any atom is 0.0397 e. The quantitative estimate of drug-likeness (QED) is 0.797. The van der Waals surface area contributed by atoms with Crippen molar-refractivity contribution in [3.8, 4) is 0 Å². The third-order valence-corrected chi connectivity index (χ3v) is 4.83. The normalized spacial score (nSPS) is 23.7. The van der Waals surface area contributed by atoms with E-state index in [1.165, 1.54) is 57.7 Å². The number of hydrogen-bond donors (Lipinski definition) is 0. The van der Waals surface area contributed by atoms with E-state index in [1.54, 1.807) is 0 Å². The molecule has 0 atom stereocenters. The van der Waals surface area contributed by atoms with Crippen molar-refractivity contribution < 1.29 is 0 Å². The van der Waals surface area contributed by atoms with E-state index < -0.39 is 0 Å². The first-order chi connectivity index (χ1) is 8.81. The third-order valence-electron chi connectivity index (χ3n) is 4.83. The highest BCUT2D eigenvalue weighted by Crippen LogP contribution is 2.41. The Morgan fingerprint density at radius 2 is 1.78 bits per heavy atom. The molecule has 3 heteroatoms. The second kappa shape index (κ2) is 4.88. The summed E-state index contributed by atoms with van der Waals surface area (Å²) < 4.78 is 0. The second-order valence-electron chi connectivity index (χ2n) is 5.81. The van der Waals surface area contributed by atoms with Crippen LogP contribution in [0.15, 0.2) is 24.5 Å². The van der Waals surface area contributed by atoms with Gasteiger partial charge in [0.05, 0.1) is 0 Å². The molecule has 0 amide bonds. The fourth-order valence-electron chi connectivity index (χ4n) is 3.46. The van der Waals surface area contributed by atoms with E-state index in [4.69, 9.17) is 0 Å². The van der Waals surface area contributed by atoms with Gasteiger partial charge in [0.15, 0.2) is 0 Å². The van der Waals surface area contributed by atoms with Crippen LogP contribution in [-0.2, 0) is 0 Å². The van der Waals surface area contributed by atoms with Gasteiger partial charge in [-0.15, -0.1) is 0 Å². The molecule has 2 aliphatic heterocycles. The zero-order valence-corrected chi connectivity index (χ0v) is 11.3. The summed E-state index contributed by atoms with van der Waals surface area (Å²) in [7, 11) is 0. The summed E-state index contributed by atoms with van der Waals surface area (Å²) >= 11 is 0. The molecule has 1 aromatic heterocycles. The van der Waals surface area contributed by atoms with Gasteiger partial charge in [0.25, 0.3) is 0 Å². The van der Waals surface area contributed by atoms with Crippen molar-refractivity contribution in [3.05, 3.63) is 24.5 Å². The Morgan fingerprint density at radius 1 is 1.11 bits per heavy atom. The molecule has 3 heterocycles. The zero-order chi connectivity index (χ0) is 12.4. The molecule has 2 fully saturated rings. The molecule has 0 aromatic carbocycles. The molecule has 3 nitrogen and oxygen atoms in total. The molecule has 0 saturated carbocycles. The highest BCUT2D eigenvalue weighted by Gasteiger charge is 2.40. The maximum atomic E-state index is 4.11. The molecular formula is C15H23N3. The first-order valence-corrected chi connectivity index (χ1v) is 7.19. The fourth-order valence-corrected chi connectivity index (χ4v) is 3.46. The number of rotatable bonds is 2. The SMILES string of the molecule is CCN1CCC2(CC1)CCN(c1ccncc1)C2. The molecule has 3 rings (SSSR count). The molecule has 1 aromatic rings. The molecule has 0 aliphatic carbocycles. The van der Waals surface area contributed by atoms with Crippen molar-refractivity contribution in [2.75, 3.05) is 37.6 Å². The molecule has 0 unspecified atom stereocenters. The van der Waals surface area contributed by atoms with Crippen molar-refractivity contribution in [1.82, 2.24) is 9.88 Å². The number of piperidine rings is 1. The van der Waals surface area contributed by atoms with Crippen LogP contribution in [-0.4, -0.2) is 42.6 Å². The molecule has 0 radical (unpaired) electrons. The van der Waals surface area contributed by atoms with E-state index in [0.717, 1.165) is 0 Å². The van der Waals surface area contributed by atoms with Crippen LogP contribution in [0.25, 0.3) is 0 Å². The minimum atomic E-state index is 0.592. The minimum Gasteiger partial charge on any atom is -0.371 e. The van der Waals surface area contributed by atoms with Gasteiger partial charge in [-0.05, 0) is 56.4 Å². The van der Waals surface area contributed by atoms with Gasteiger partial charge in [0.1, 0.15) is 0 Å². The van der Waals surface area contributed by atoms with Gasteiger partial charge in [-0.25, -0.2) is 0 Å². The average molecular weight is 245 g/mol. The zero-order valence-electron chi connectivity index (χ0n) is 11.3. The Bertz CT molecular complexity index is 382. The molecule has 98 valence electrons. The first-order valence-electron chi connectivity index (χ1n) is 7.19. The lowest BCUT2D eigenvalue weighted by Crippen LogP contribution is -2.41. The van der Waals surface area contributed by atoms with Crippen LogP contribution in [0.4, 0.5) is 5.69 Å². The van der Waals surface area contributed by atoms with Gasteiger partial charge in [-0.3, -0.25) is 4.98 Å². The Hall–Kier alpha value is -1.09. The van der Waals surface area contributed by atoms with Gasteiger partial charge in [0.2, 0.25) is 0 Å². The van der Waals surface area contributed by atoms with E-state index in [2.05, 4.69) is 33.8 Å². The van der Waals surface area contributed by atoms with Gasteiger partial charge in [0, 0.05) is 31.2 Å². The van der Waals surface area contributed by atoms with Crippen LogP contribution in [0.5, 0.6) is 0 Å². The van der Waals surface area contributed by atoms with E-state index in [0.29, 0.717) is 5.41 Å². The number of nitrogens with zero attached hydrogens (tertiary/aromatic N) is 3. The van der Waals surface area contributed by atoms with E-state index >= 15 is 0 Å². The van der Waals surface area contributed by atoms with Crippen molar-refractivity contribution in [2.24, 2.45) is 5.41 Å². The van der Waals surface area contributed by atoms with Gasteiger partial charge < -0.3 is 9.80 Å². The smallest absolute Gasteiger partial charge is 0.0397 e. The van der Waals surface area contributed by atoms with E-state index in [9.17, 15) is 0 Å². The summed E-state index contributed by atoms with van der Waals surface area (Å²) in [4.78, 5) is 9.24. The standard InChI is InChI=1S/C15H23N3/c1-2-17-10-5-15(6-11-17)7-12-18(13-15)14-3-8-16-9-4-14/h3-4,8-9H,2,5-7,10-13H2,1H3. The van der Waals surface area contributed by atoms with Crippen molar-refractivity contribution in [1.29, 1.82) is 0 Å². The Morgan fingerprint density at radius 3 is 2.44 bits per heavy atom. The summed E-state index contributed by atoms with van der Waals surface area (Å²) in [6.07, 6.45) is 7.93. The Kier molecular flexibility index (Phi) is 3.25. The molecule has 2 saturated heterocycles. The number of pyridine rings is 1. The Labute approximate surface area is 110 Å². The van der Waals surface area contributed by atoms with Crippen molar-refractivity contribution >= 4 is 5.69 Å². The van der Waals surface area contributed by atoms with E-state index in [-0.39, 0.29) is 0 Å². The van der Waals surface area contributed by atoms with Crippen LogP contribution in [0.3, 0.4) is 0 Å².